The minimum Gasteiger partial charge on any atom is -0.369 e. The molecule has 0 bridgehead atoms. The second-order valence-electron chi connectivity index (χ2n) is 5.79. The zero-order valence-electron chi connectivity index (χ0n) is 12.4. The number of nitrogens with zero attached hydrogens (tertiary/aromatic N) is 2. The molecule has 3 nitrogen and oxygen atoms in total. The molecule has 0 fully saturated rings. The highest BCUT2D eigenvalue weighted by Crippen LogP contribution is 2.33. The van der Waals surface area contributed by atoms with Crippen LogP contribution in [0.5, 0.6) is 0 Å². The zero-order chi connectivity index (χ0) is 14.6. The molecule has 1 aliphatic heterocycles. The first-order valence-corrected chi connectivity index (χ1v) is 7.80. The minimum atomic E-state index is -0.00828. The zero-order valence-corrected chi connectivity index (χ0v) is 13.2. The number of rotatable bonds is 6. The van der Waals surface area contributed by atoms with E-state index < -0.39 is 0 Å². The van der Waals surface area contributed by atoms with Crippen molar-refractivity contribution in [2.45, 2.75) is 51.5 Å². The fourth-order valence-corrected chi connectivity index (χ4v) is 2.95. The van der Waals surface area contributed by atoms with Gasteiger partial charge in [0.1, 0.15) is 0 Å². The van der Waals surface area contributed by atoms with Crippen molar-refractivity contribution in [1.82, 2.24) is 0 Å². The monoisotopic (exact) mass is 293 g/mol. The minimum absolute atomic E-state index is 0.00828. The molecular formula is C16H24ClN3. The summed E-state index contributed by atoms with van der Waals surface area (Å²) in [5, 5.41) is 0.744. The van der Waals surface area contributed by atoms with Crippen LogP contribution in [0.25, 0.3) is 0 Å². The molecule has 0 saturated carbocycles. The molecule has 110 valence electrons. The summed E-state index contributed by atoms with van der Waals surface area (Å²) < 4.78 is 0. The fraction of sp³-hybridized carbons (Fsp3) is 0.562. The van der Waals surface area contributed by atoms with E-state index >= 15 is 0 Å². The van der Waals surface area contributed by atoms with Gasteiger partial charge in [-0.05, 0) is 37.6 Å². The number of hydrogen-bond acceptors (Lipinski definition) is 3. The molecule has 1 aromatic carbocycles. The molecule has 1 aliphatic rings. The van der Waals surface area contributed by atoms with Gasteiger partial charge in [-0.1, -0.05) is 44.2 Å². The Morgan fingerprint density at radius 3 is 2.60 bits per heavy atom. The smallest absolute Gasteiger partial charge is 0.196 e. The van der Waals surface area contributed by atoms with Crippen LogP contribution in [0.3, 0.4) is 0 Å². The first-order valence-electron chi connectivity index (χ1n) is 7.42. The molecule has 0 radical (unpaired) electrons. The van der Waals surface area contributed by atoms with E-state index in [1.54, 1.807) is 0 Å². The van der Waals surface area contributed by atoms with Gasteiger partial charge in [0.2, 0.25) is 0 Å². The molecule has 2 N–H and O–H groups in total. The standard InChI is InChI=1S/C16H24ClN3/c1-3-4-5-6-11-16(2)12-19-15(18)20(16)14-9-7-13(17)8-10-14/h7-10H,3-6,11-12H2,1-2H3,(H2,18,19). The molecule has 1 unspecified atom stereocenters. The Labute approximate surface area is 126 Å². The predicted molar refractivity (Wildman–Crippen MR) is 87.6 cm³/mol. The van der Waals surface area contributed by atoms with Crippen LogP contribution >= 0.6 is 11.6 Å². The van der Waals surface area contributed by atoms with Gasteiger partial charge < -0.3 is 10.6 Å². The largest absolute Gasteiger partial charge is 0.369 e. The maximum Gasteiger partial charge on any atom is 0.196 e. The van der Waals surface area contributed by atoms with Gasteiger partial charge in [0.25, 0.3) is 0 Å². The number of unbranched alkanes of at least 4 members (excludes halogenated alkanes) is 3. The molecule has 0 aliphatic carbocycles. The van der Waals surface area contributed by atoms with Crippen molar-refractivity contribution in [3.63, 3.8) is 0 Å². The SMILES string of the molecule is CCCCCCC1(C)CN=C(N)N1c1ccc(Cl)cc1. The van der Waals surface area contributed by atoms with Crippen LogP contribution in [0.4, 0.5) is 5.69 Å². The summed E-state index contributed by atoms with van der Waals surface area (Å²) in [5.41, 5.74) is 7.16. The quantitative estimate of drug-likeness (QED) is 0.799. The fourth-order valence-electron chi connectivity index (χ4n) is 2.83. The number of nitrogens with two attached hydrogens (primary N) is 1. The summed E-state index contributed by atoms with van der Waals surface area (Å²) in [7, 11) is 0. The van der Waals surface area contributed by atoms with E-state index in [-0.39, 0.29) is 5.54 Å². The molecular weight excluding hydrogens is 270 g/mol. The van der Waals surface area contributed by atoms with Gasteiger partial charge in [-0.3, -0.25) is 4.99 Å². The lowest BCUT2D eigenvalue weighted by Gasteiger charge is -2.36. The summed E-state index contributed by atoms with van der Waals surface area (Å²) in [6.45, 7) is 5.25. The van der Waals surface area contributed by atoms with Crippen LogP contribution in [0.15, 0.2) is 29.3 Å². The van der Waals surface area contributed by atoms with Crippen molar-refractivity contribution in [2.24, 2.45) is 10.7 Å². The van der Waals surface area contributed by atoms with E-state index in [4.69, 9.17) is 17.3 Å². The molecule has 1 atom stereocenters. The predicted octanol–water partition coefficient (Wildman–Crippen LogP) is 4.20. The third-order valence-corrected chi connectivity index (χ3v) is 4.26. The van der Waals surface area contributed by atoms with Gasteiger partial charge in [-0.25, -0.2) is 0 Å². The van der Waals surface area contributed by atoms with Crippen molar-refractivity contribution in [2.75, 3.05) is 11.4 Å². The van der Waals surface area contributed by atoms with Gasteiger partial charge in [-0.15, -0.1) is 0 Å². The highest BCUT2D eigenvalue weighted by atomic mass is 35.5. The maximum atomic E-state index is 6.10. The van der Waals surface area contributed by atoms with Crippen LogP contribution in [0.1, 0.15) is 46.0 Å². The Bertz CT molecular complexity index is 469. The highest BCUT2D eigenvalue weighted by Gasteiger charge is 2.38. The van der Waals surface area contributed by atoms with Crippen molar-refractivity contribution in [3.8, 4) is 0 Å². The third kappa shape index (κ3) is 3.26. The van der Waals surface area contributed by atoms with Gasteiger partial charge in [-0.2, -0.15) is 0 Å². The summed E-state index contributed by atoms with van der Waals surface area (Å²) in [5.74, 6) is 0.616. The van der Waals surface area contributed by atoms with Crippen molar-refractivity contribution in [3.05, 3.63) is 29.3 Å². The van der Waals surface area contributed by atoms with Crippen molar-refractivity contribution in [1.29, 1.82) is 0 Å². The molecule has 0 aromatic heterocycles. The summed E-state index contributed by atoms with van der Waals surface area (Å²) in [6, 6.07) is 7.83. The molecule has 0 spiro atoms. The lowest BCUT2D eigenvalue weighted by Crippen LogP contribution is -2.49. The molecule has 1 aromatic rings. The van der Waals surface area contributed by atoms with Crippen molar-refractivity contribution >= 4 is 23.2 Å². The maximum absolute atomic E-state index is 6.10. The summed E-state index contributed by atoms with van der Waals surface area (Å²) in [6.07, 6.45) is 6.17. The second kappa shape index (κ2) is 6.49. The van der Waals surface area contributed by atoms with Crippen LogP contribution in [-0.4, -0.2) is 18.0 Å². The van der Waals surface area contributed by atoms with E-state index in [1.165, 1.54) is 25.7 Å². The highest BCUT2D eigenvalue weighted by molar-refractivity contribution is 6.30. The first-order chi connectivity index (χ1) is 9.57. The van der Waals surface area contributed by atoms with E-state index in [0.29, 0.717) is 5.96 Å². The number of benzene rings is 1. The Morgan fingerprint density at radius 2 is 1.95 bits per heavy atom. The Hall–Kier alpha value is -1.22. The first kappa shape index (κ1) is 15.2. The van der Waals surface area contributed by atoms with Gasteiger partial charge in [0, 0.05) is 10.7 Å². The lowest BCUT2D eigenvalue weighted by atomic mass is 9.92. The van der Waals surface area contributed by atoms with E-state index in [1.807, 2.05) is 24.3 Å². The number of hydrogen-bond donors (Lipinski definition) is 1. The lowest BCUT2D eigenvalue weighted by molar-refractivity contribution is 0.435. The Morgan fingerprint density at radius 1 is 1.25 bits per heavy atom. The molecule has 0 saturated heterocycles. The van der Waals surface area contributed by atoms with Gasteiger partial charge in [0.15, 0.2) is 5.96 Å². The molecule has 4 heteroatoms. The van der Waals surface area contributed by atoms with Crippen molar-refractivity contribution < 1.29 is 0 Å². The van der Waals surface area contributed by atoms with Crippen LogP contribution in [0, 0.1) is 0 Å². The molecule has 2 rings (SSSR count). The number of guanidine groups is 1. The Balaban J connectivity index is 2.10. The van der Waals surface area contributed by atoms with Crippen LogP contribution in [-0.2, 0) is 0 Å². The average Bonchev–Trinajstić information content (AvgIpc) is 2.73. The topological polar surface area (TPSA) is 41.6 Å². The normalized spacial score (nSPS) is 22.1. The molecule has 20 heavy (non-hydrogen) atoms. The Kier molecular flexibility index (Phi) is 4.92. The van der Waals surface area contributed by atoms with Crippen LogP contribution < -0.4 is 10.6 Å². The number of halogens is 1. The molecule has 1 heterocycles. The third-order valence-electron chi connectivity index (χ3n) is 4.00. The summed E-state index contributed by atoms with van der Waals surface area (Å²) >= 11 is 5.96. The van der Waals surface area contributed by atoms with Gasteiger partial charge in [0.05, 0.1) is 12.1 Å². The van der Waals surface area contributed by atoms with E-state index in [0.717, 1.165) is 23.7 Å². The van der Waals surface area contributed by atoms with E-state index in [2.05, 4.69) is 23.7 Å². The van der Waals surface area contributed by atoms with E-state index in [9.17, 15) is 0 Å². The number of aliphatic imine (C=N–C) groups is 1. The number of anilines is 1. The van der Waals surface area contributed by atoms with Crippen LogP contribution in [0.2, 0.25) is 5.02 Å². The second-order valence-corrected chi connectivity index (χ2v) is 6.23. The van der Waals surface area contributed by atoms with Gasteiger partial charge >= 0.3 is 0 Å². The summed E-state index contributed by atoms with van der Waals surface area (Å²) in [4.78, 5) is 6.62. The molecule has 0 amide bonds. The average molecular weight is 294 g/mol.